The van der Waals surface area contributed by atoms with E-state index in [0.717, 1.165) is 32.0 Å². The van der Waals surface area contributed by atoms with Crippen LogP contribution in [0.2, 0.25) is 0 Å². The van der Waals surface area contributed by atoms with E-state index in [9.17, 15) is 0 Å². The van der Waals surface area contributed by atoms with Gasteiger partial charge < -0.3 is 14.2 Å². The lowest BCUT2D eigenvalue weighted by Gasteiger charge is -2.33. The Morgan fingerprint density at radius 1 is 1.39 bits per heavy atom. The van der Waals surface area contributed by atoms with Crippen molar-refractivity contribution < 1.29 is 4.74 Å². The molecular weight excluding hydrogens is 292 g/mol. The Morgan fingerprint density at radius 3 is 3.04 bits per heavy atom. The molecule has 0 N–H and O–H groups in total. The highest BCUT2D eigenvalue weighted by Crippen LogP contribution is 2.24. The quantitative estimate of drug-likeness (QED) is 0.829. The molecule has 23 heavy (non-hydrogen) atoms. The molecule has 124 valence electrons. The van der Waals surface area contributed by atoms with Gasteiger partial charge in [0.05, 0.1) is 6.61 Å². The van der Waals surface area contributed by atoms with Crippen LogP contribution in [0.3, 0.4) is 0 Å². The number of hydrogen-bond acceptors (Lipinski definition) is 6. The van der Waals surface area contributed by atoms with Crippen LogP contribution >= 0.6 is 0 Å². The van der Waals surface area contributed by atoms with Gasteiger partial charge in [0, 0.05) is 63.9 Å². The molecule has 0 unspecified atom stereocenters. The first kappa shape index (κ1) is 15.9. The zero-order valence-electron chi connectivity index (χ0n) is 14.0. The first-order valence-corrected chi connectivity index (χ1v) is 8.01. The monoisotopic (exact) mass is 316 g/mol. The minimum absolute atomic E-state index is 0.0225. The number of morpholine rings is 1. The summed E-state index contributed by atoms with van der Waals surface area (Å²) in [6.07, 6.45) is 5.53. The first-order chi connectivity index (χ1) is 11.2. The van der Waals surface area contributed by atoms with Crippen molar-refractivity contribution in [1.29, 1.82) is 0 Å². The van der Waals surface area contributed by atoms with E-state index in [2.05, 4.69) is 52.1 Å². The molecule has 0 aromatic carbocycles. The van der Waals surface area contributed by atoms with Crippen molar-refractivity contribution >= 4 is 5.69 Å². The third-order valence-corrected chi connectivity index (χ3v) is 4.18. The lowest BCUT2D eigenvalue weighted by molar-refractivity contribution is -0.0388. The zero-order chi connectivity index (χ0) is 16.2. The van der Waals surface area contributed by atoms with Crippen LogP contribution in [-0.4, -0.2) is 58.4 Å². The van der Waals surface area contributed by atoms with Crippen LogP contribution in [0.4, 0.5) is 5.69 Å². The molecule has 1 saturated heterocycles. The molecule has 7 nitrogen and oxygen atoms in total. The minimum atomic E-state index is -0.0225. The van der Waals surface area contributed by atoms with E-state index in [1.807, 2.05) is 17.0 Å². The fraction of sp³-hybridized carbons (Fsp3) is 0.562. The van der Waals surface area contributed by atoms with Crippen molar-refractivity contribution in [3.8, 4) is 0 Å². The Balaban J connectivity index is 1.72. The Kier molecular flexibility index (Phi) is 4.88. The second-order valence-corrected chi connectivity index (χ2v) is 5.97. The minimum Gasteiger partial charge on any atom is -0.377 e. The van der Waals surface area contributed by atoms with Crippen LogP contribution in [0.15, 0.2) is 24.8 Å². The van der Waals surface area contributed by atoms with Crippen LogP contribution in [0.5, 0.6) is 0 Å². The third-order valence-electron chi connectivity index (χ3n) is 4.18. The molecule has 0 radical (unpaired) electrons. The normalized spacial score (nSPS) is 19.0. The number of aryl methyl sites for hydroxylation is 1. The summed E-state index contributed by atoms with van der Waals surface area (Å²) in [6.45, 7) is 6.25. The molecule has 0 bridgehead atoms. The number of hydrogen-bond donors (Lipinski definition) is 0. The van der Waals surface area contributed by atoms with Crippen molar-refractivity contribution in [2.24, 2.45) is 0 Å². The summed E-state index contributed by atoms with van der Waals surface area (Å²) >= 11 is 0. The topological polar surface area (TPSA) is 59.3 Å². The molecule has 0 saturated carbocycles. The van der Waals surface area contributed by atoms with E-state index in [1.54, 1.807) is 6.33 Å². The van der Waals surface area contributed by atoms with E-state index in [-0.39, 0.29) is 6.10 Å². The van der Waals surface area contributed by atoms with Gasteiger partial charge in [-0.1, -0.05) is 0 Å². The highest BCUT2D eigenvalue weighted by Gasteiger charge is 2.26. The predicted octanol–water partition coefficient (Wildman–Crippen LogP) is 1.33. The molecule has 3 rings (SSSR count). The predicted molar refractivity (Wildman–Crippen MR) is 88.2 cm³/mol. The summed E-state index contributed by atoms with van der Waals surface area (Å²) in [6, 6.07) is 2.06. The van der Waals surface area contributed by atoms with Crippen LogP contribution in [-0.2, 0) is 17.8 Å². The van der Waals surface area contributed by atoms with E-state index in [1.165, 1.54) is 11.3 Å². The average Bonchev–Trinajstić information content (AvgIpc) is 3.04. The maximum Gasteiger partial charge on any atom is 0.163 e. The van der Waals surface area contributed by atoms with Crippen LogP contribution in [0.25, 0.3) is 0 Å². The highest BCUT2D eigenvalue weighted by atomic mass is 16.5. The van der Waals surface area contributed by atoms with Gasteiger partial charge in [0.15, 0.2) is 5.82 Å². The SMILES string of the molecule is CCn1cnnc1[C@H]1CN(Cc2cnccc2N(C)C)CCO1. The molecule has 0 amide bonds. The number of nitrogens with zero attached hydrogens (tertiary/aromatic N) is 6. The molecule has 0 spiro atoms. The highest BCUT2D eigenvalue weighted by molar-refractivity contribution is 5.50. The van der Waals surface area contributed by atoms with Crippen LogP contribution in [0.1, 0.15) is 24.4 Å². The third kappa shape index (κ3) is 3.51. The van der Waals surface area contributed by atoms with E-state index >= 15 is 0 Å². The van der Waals surface area contributed by atoms with Crippen molar-refractivity contribution in [1.82, 2.24) is 24.6 Å². The smallest absolute Gasteiger partial charge is 0.163 e. The largest absolute Gasteiger partial charge is 0.377 e. The van der Waals surface area contributed by atoms with Crippen molar-refractivity contribution in [3.05, 3.63) is 36.2 Å². The van der Waals surface area contributed by atoms with Crippen LogP contribution < -0.4 is 4.90 Å². The summed E-state index contributed by atoms with van der Waals surface area (Å²) in [5.41, 5.74) is 2.44. The molecule has 3 heterocycles. The molecule has 2 aromatic rings. The second-order valence-electron chi connectivity index (χ2n) is 5.97. The summed E-state index contributed by atoms with van der Waals surface area (Å²) < 4.78 is 7.96. The molecule has 1 atom stereocenters. The molecule has 0 aliphatic carbocycles. The average molecular weight is 316 g/mol. The Labute approximate surface area is 136 Å². The maximum atomic E-state index is 5.92. The van der Waals surface area contributed by atoms with Crippen LogP contribution in [0, 0.1) is 0 Å². The molecule has 1 aliphatic heterocycles. The number of anilines is 1. The zero-order valence-corrected chi connectivity index (χ0v) is 14.0. The molecule has 1 fully saturated rings. The van der Waals surface area contributed by atoms with E-state index < -0.39 is 0 Å². The van der Waals surface area contributed by atoms with Gasteiger partial charge in [0.25, 0.3) is 0 Å². The number of aromatic nitrogens is 4. The fourth-order valence-electron chi connectivity index (χ4n) is 2.98. The van der Waals surface area contributed by atoms with Gasteiger partial charge in [-0.05, 0) is 13.0 Å². The van der Waals surface area contributed by atoms with Gasteiger partial charge in [-0.3, -0.25) is 9.88 Å². The lowest BCUT2D eigenvalue weighted by atomic mass is 10.1. The second kappa shape index (κ2) is 7.06. The van der Waals surface area contributed by atoms with Gasteiger partial charge in [0.1, 0.15) is 12.4 Å². The first-order valence-electron chi connectivity index (χ1n) is 8.01. The fourth-order valence-corrected chi connectivity index (χ4v) is 2.98. The van der Waals surface area contributed by atoms with E-state index in [4.69, 9.17) is 4.74 Å². The Bertz CT molecular complexity index is 641. The maximum absolute atomic E-state index is 5.92. The summed E-state index contributed by atoms with van der Waals surface area (Å²) in [7, 11) is 4.12. The van der Waals surface area contributed by atoms with Gasteiger partial charge in [0.2, 0.25) is 0 Å². The van der Waals surface area contributed by atoms with Gasteiger partial charge >= 0.3 is 0 Å². The van der Waals surface area contributed by atoms with Gasteiger partial charge in [-0.25, -0.2) is 0 Å². The molecule has 1 aliphatic rings. The molecular formula is C16H24N6O. The van der Waals surface area contributed by atoms with Gasteiger partial charge in [-0.2, -0.15) is 0 Å². The van der Waals surface area contributed by atoms with Crippen molar-refractivity contribution in [2.75, 3.05) is 38.7 Å². The number of ether oxygens (including phenoxy) is 1. The Hall–Kier alpha value is -1.99. The van der Waals surface area contributed by atoms with Gasteiger partial charge in [-0.15, -0.1) is 10.2 Å². The number of rotatable bonds is 5. The standard InChI is InChI=1S/C16H24N6O/c1-4-22-12-18-19-16(22)15-11-21(7-8-23-15)10-13-9-17-6-5-14(13)20(2)3/h5-6,9,12,15H,4,7-8,10-11H2,1-3H3/t15-/m1/s1. The van der Waals surface area contributed by atoms with Crippen molar-refractivity contribution in [3.63, 3.8) is 0 Å². The summed E-state index contributed by atoms with van der Waals surface area (Å²) in [4.78, 5) is 8.80. The lowest BCUT2D eigenvalue weighted by Crippen LogP contribution is -2.39. The molecule has 7 heteroatoms. The Morgan fingerprint density at radius 2 is 2.26 bits per heavy atom. The van der Waals surface area contributed by atoms with E-state index in [0.29, 0.717) is 6.61 Å². The summed E-state index contributed by atoms with van der Waals surface area (Å²) in [5.74, 6) is 0.913. The van der Waals surface area contributed by atoms with Crippen molar-refractivity contribution in [2.45, 2.75) is 26.1 Å². The summed E-state index contributed by atoms with van der Waals surface area (Å²) in [5, 5.41) is 8.25. The molecule has 2 aromatic heterocycles. The number of pyridine rings is 1.